The Morgan fingerprint density at radius 2 is 2.18 bits per heavy atom. The van der Waals surface area contributed by atoms with Gasteiger partial charge in [0.25, 0.3) is 0 Å². The minimum atomic E-state index is -0.436. The van der Waals surface area contributed by atoms with Crippen molar-refractivity contribution in [3.05, 3.63) is 29.0 Å². The number of furan rings is 1. The van der Waals surface area contributed by atoms with Crippen molar-refractivity contribution in [3.8, 4) is 11.6 Å². The van der Waals surface area contributed by atoms with E-state index in [9.17, 15) is 9.59 Å². The molecule has 3 rings (SSSR count). The zero-order chi connectivity index (χ0) is 20.1. The summed E-state index contributed by atoms with van der Waals surface area (Å²) < 4.78 is 12.2. The second kappa shape index (κ2) is 9.02. The zero-order valence-corrected chi connectivity index (χ0v) is 17.2. The zero-order valence-electron chi connectivity index (χ0n) is 15.6. The summed E-state index contributed by atoms with van der Waals surface area (Å²) in [6.45, 7) is 6.33. The fraction of sp³-hybridized carbons (Fsp3) is 0.353. The topological polar surface area (TPSA) is 112 Å². The van der Waals surface area contributed by atoms with Gasteiger partial charge in [-0.3, -0.25) is 9.36 Å². The molecule has 1 amide bonds. The second-order valence-corrected chi connectivity index (χ2v) is 7.46. The van der Waals surface area contributed by atoms with Gasteiger partial charge < -0.3 is 14.5 Å². The van der Waals surface area contributed by atoms with Crippen LogP contribution in [0.15, 0.2) is 28.0 Å². The van der Waals surface area contributed by atoms with Crippen LogP contribution in [0.1, 0.15) is 29.2 Å². The number of aryl methyl sites for hydroxylation is 1. The summed E-state index contributed by atoms with van der Waals surface area (Å²) in [5.41, 5.74) is 0.528. The summed E-state index contributed by atoms with van der Waals surface area (Å²) >= 11 is 2.36. The number of rotatable bonds is 8. The van der Waals surface area contributed by atoms with Crippen molar-refractivity contribution in [2.24, 2.45) is 0 Å². The number of hydrogen-bond acceptors (Lipinski definition) is 9. The lowest BCUT2D eigenvalue weighted by Crippen LogP contribution is -2.14. The average Bonchev–Trinajstić information content (AvgIpc) is 3.39. The number of aromatic nitrogens is 4. The molecule has 1 N–H and O–H groups in total. The molecule has 0 aliphatic carbocycles. The Hall–Kier alpha value is -2.66. The lowest BCUT2D eigenvalue weighted by Gasteiger charge is -2.05. The van der Waals surface area contributed by atoms with E-state index in [1.165, 1.54) is 11.8 Å². The van der Waals surface area contributed by atoms with E-state index >= 15 is 0 Å². The molecule has 3 aromatic heterocycles. The molecule has 0 bridgehead atoms. The van der Waals surface area contributed by atoms with E-state index in [0.29, 0.717) is 39.0 Å². The van der Waals surface area contributed by atoms with Crippen molar-refractivity contribution >= 4 is 40.1 Å². The maximum Gasteiger partial charge on any atom is 0.350 e. The highest BCUT2D eigenvalue weighted by Gasteiger charge is 2.19. The molecule has 0 spiro atoms. The van der Waals surface area contributed by atoms with Crippen LogP contribution in [-0.4, -0.2) is 44.0 Å². The molecule has 0 radical (unpaired) electrons. The van der Waals surface area contributed by atoms with Crippen molar-refractivity contribution < 1.29 is 18.7 Å². The Labute approximate surface area is 169 Å². The van der Waals surface area contributed by atoms with Crippen molar-refractivity contribution in [2.75, 3.05) is 17.7 Å². The molecule has 11 heteroatoms. The van der Waals surface area contributed by atoms with Gasteiger partial charge in [0.05, 0.1) is 24.3 Å². The second-order valence-electron chi connectivity index (χ2n) is 5.52. The maximum atomic E-state index is 12.3. The highest BCUT2D eigenvalue weighted by atomic mass is 32.2. The number of hydrogen-bond donors (Lipinski definition) is 1. The molecule has 0 aliphatic rings. The van der Waals surface area contributed by atoms with Gasteiger partial charge in [0.1, 0.15) is 4.88 Å². The standard InChI is InChI=1S/C17H19N5O4S2/c1-4-22-14(11-7-6-8-26-11)20-21-17(22)27-9-12(23)19-16-18-10(3)13(28-16)15(24)25-5-2/h6-8H,4-5,9H2,1-3H3,(H,18,19,23). The summed E-state index contributed by atoms with van der Waals surface area (Å²) in [7, 11) is 0. The number of thiazole rings is 1. The number of anilines is 1. The van der Waals surface area contributed by atoms with Gasteiger partial charge >= 0.3 is 5.97 Å². The van der Waals surface area contributed by atoms with Gasteiger partial charge in [-0.15, -0.1) is 10.2 Å². The van der Waals surface area contributed by atoms with E-state index in [-0.39, 0.29) is 18.3 Å². The van der Waals surface area contributed by atoms with Crippen LogP contribution in [0.5, 0.6) is 0 Å². The number of esters is 1. The fourth-order valence-electron chi connectivity index (χ4n) is 2.39. The highest BCUT2D eigenvalue weighted by Crippen LogP contribution is 2.26. The first-order valence-corrected chi connectivity index (χ1v) is 10.4. The molecule has 3 heterocycles. The van der Waals surface area contributed by atoms with E-state index < -0.39 is 5.97 Å². The van der Waals surface area contributed by atoms with Gasteiger partial charge in [-0.25, -0.2) is 9.78 Å². The monoisotopic (exact) mass is 421 g/mol. The largest absolute Gasteiger partial charge is 0.462 e. The number of carbonyl (C=O) groups excluding carboxylic acids is 2. The van der Waals surface area contributed by atoms with E-state index in [1.807, 2.05) is 17.6 Å². The number of carbonyl (C=O) groups is 2. The highest BCUT2D eigenvalue weighted by molar-refractivity contribution is 7.99. The van der Waals surface area contributed by atoms with Crippen molar-refractivity contribution in [1.82, 2.24) is 19.7 Å². The number of thioether (sulfide) groups is 1. The molecular formula is C17H19N5O4S2. The van der Waals surface area contributed by atoms with Crippen LogP contribution in [0.3, 0.4) is 0 Å². The van der Waals surface area contributed by atoms with Gasteiger partial charge in [-0.2, -0.15) is 0 Å². The number of amides is 1. The molecule has 0 fully saturated rings. The molecule has 148 valence electrons. The van der Waals surface area contributed by atoms with Gasteiger partial charge in [-0.05, 0) is 32.9 Å². The first-order chi connectivity index (χ1) is 13.5. The van der Waals surface area contributed by atoms with Crippen molar-refractivity contribution in [1.29, 1.82) is 0 Å². The molecule has 0 unspecified atom stereocenters. The van der Waals surface area contributed by atoms with Crippen molar-refractivity contribution in [2.45, 2.75) is 32.5 Å². The van der Waals surface area contributed by atoms with Crippen molar-refractivity contribution in [3.63, 3.8) is 0 Å². The van der Waals surface area contributed by atoms with Crippen LogP contribution in [-0.2, 0) is 16.1 Å². The summed E-state index contributed by atoms with van der Waals surface area (Å²) in [6.07, 6.45) is 1.57. The Balaban J connectivity index is 1.62. The molecule has 28 heavy (non-hydrogen) atoms. The summed E-state index contributed by atoms with van der Waals surface area (Å²) in [5.74, 6) is 0.678. The van der Waals surface area contributed by atoms with Crippen LogP contribution in [0.4, 0.5) is 5.13 Å². The number of nitrogens with one attached hydrogen (secondary N) is 1. The smallest absolute Gasteiger partial charge is 0.350 e. The van der Waals surface area contributed by atoms with Crippen LogP contribution >= 0.6 is 23.1 Å². The molecule has 0 aliphatic heterocycles. The quantitative estimate of drug-likeness (QED) is 0.436. The van der Waals surface area contributed by atoms with Crippen LogP contribution in [0.25, 0.3) is 11.6 Å². The Bertz CT molecular complexity index is 965. The lowest BCUT2D eigenvalue weighted by molar-refractivity contribution is -0.113. The first kappa shape index (κ1) is 20.1. The molecule has 0 saturated heterocycles. The van der Waals surface area contributed by atoms with E-state index in [2.05, 4.69) is 20.5 Å². The van der Waals surface area contributed by atoms with Gasteiger partial charge in [0, 0.05) is 6.54 Å². The Morgan fingerprint density at radius 3 is 2.86 bits per heavy atom. The minimum Gasteiger partial charge on any atom is -0.462 e. The lowest BCUT2D eigenvalue weighted by atomic mass is 10.4. The third-order valence-electron chi connectivity index (χ3n) is 3.61. The van der Waals surface area contributed by atoms with Gasteiger partial charge in [0.2, 0.25) is 5.91 Å². The SMILES string of the molecule is CCOC(=O)c1sc(NC(=O)CSc2nnc(-c3ccco3)n2CC)nc1C. The minimum absolute atomic E-state index is 0.129. The molecule has 0 aromatic carbocycles. The summed E-state index contributed by atoms with van der Waals surface area (Å²) in [5, 5.41) is 12.0. The molecule has 0 atom stereocenters. The third kappa shape index (κ3) is 4.42. The Morgan fingerprint density at radius 1 is 1.36 bits per heavy atom. The maximum absolute atomic E-state index is 12.3. The third-order valence-corrected chi connectivity index (χ3v) is 5.63. The summed E-state index contributed by atoms with van der Waals surface area (Å²) in [4.78, 5) is 28.7. The van der Waals surface area contributed by atoms with Gasteiger partial charge in [0.15, 0.2) is 21.9 Å². The van der Waals surface area contributed by atoms with Crippen LogP contribution in [0, 0.1) is 6.92 Å². The number of nitrogens with zero attached hydrogens (tertiary/aromatic N) is 4. The van der Waals surface area contributed by atoms with Crippen LogP contribution in [0.2, 0.25) is 0 Å². The predicted octanol–water partition coefficient (Wildman–Crippen LogP) is 3.23. The van der Waals surface area contributed by atoms with E-state index in [0.717, 1.165) is 11.3 Å². The predicted molar refractivity (Wildman–Crippen MR) is 106 cm³/mol. The van der Waals surface area contributed by atoms with Crippen LogP contribution < -0.4 is 5.32 Å². The average molecular weight is 422 g/mol. The van der Waals surface area contributed by atoms with E-state index in [4.69, 9.17) is 9.15 Å². The molecule has 0 saturated carbocycles. The van der Waals surface area contributed by atoms with Gasteiger partial charge in [-0.1, -0.05) is 23.1 Å². The Kier molecular flexibility index (Phi) is 6.47. The normalized spacial score (nSPS) is 10.8. The molecular weight excluding hydrogens is 402 g/mol. The molecule has 9 nitrogen and oxygen atoms in total. The van der Waals surface area contributed by atoms with E-state index in [1.54, 1.807) is 26.2 Å². The summed E-state index contributed by atoms with van der Waals surface area (Å²) in [6, 6.07) is 3.59. The first-order valence-electron chi connectivity index (χ1n) is 8.57. The number of ether oxygens (including phenoxy) is 1. The molecule has 3 aromatic rings. The fourth-order valence-corrected chi connectivity index (χ4v) is 4.07.